The van der Waals surface area contributed by atoms with Gasteiger partial charge in [-0.3, -0.25) is 0 Å². The van der Waals surface area contributed by atoms with Crippen molar-refractivity contribution < 1.29 is 9.13 Å². The second kappa shape index (κ2) is 6.12. The van der Waals surface area contributed by atoms with Gasteiger partial charge in [0.05, 0.1) is 6.20 Å². The van der Waals surface area contributed by atoms with Crippen LogP contribution in [0.2, 0.25) is 0 Å². The van der Waals surface area contributed by atoms with Crippen LogP contribution < -0.4 is 10.1 Å². The van der Waals surface area contributed by atoms with Gasteiger partial charge in [-0.2, -0.15) is 0 Å². The van der Waals surface area contributed by atoms with Gasteiger partial charge in [0.25, 0.3) is 0 Å². The van der Waals surface area contributed by atoms with Crippen LogP contribution >= 0.6 is 0 Å². The summed E-state index contributed by atoms with van der Waals surface area (Å²) in [7, 11) is 1.80. The van der Waals surface area contributed by atoms with E-state index in [9.17, 15) is 4.39 Å². The molecule has 3 nitrogen and oxygen atoms in total. The summed E-state index contributed by atoms with van der Waals surface area (Å²) in [4.78, 5) is 3.97. The first-order chi connectivity index (χ1) is 8.79. The zero-order valence-corrected chi connectivity index (χ0v) is 10.2. The van der Waals surface area contributed by atoms with Crippen LogP contribution in [0.1, 0.15) is 11.1 Å². The molecule has 0 aliphatic heterocycles. The highest BCUT2D eigenvalue weighted by atomic mass is 19.1. The zero-order chi connectivity index (χ0) is 12.8. The molecule has 18 heavy (non-hydrogen) atoms. The molecule has 4 heteroatoms. The van der Waals surface area contributed by atoms with E-state index in [0.717, 1.165) is 5.56 Å². The largest absolute Gasteiger partial charge is 0.473 e. The number of nitrogens with one attached hydrogen (secondary N) is 1. The highest BCUT2D eigenvalue weighted by Gasteiger charge is 2.06. The Labute approximate surface area is 106 Å². The highest BCUT2D eigenvalue weighted by Crippen LogP contribution is 2.17. The summed E-state index contributed by atoms with van der Waals surface area (Å²) in [5.74, 6) is 0.113. The summed E-state index contributed by atoms with van der Waals surface area (Å²) in [5.41, 5.74) is 1.77. The lowest BCUT2D eigenvalue weighted by Gasteiger charge is -2.10. The SMILES string of the molecule is CNCc1cc(F)cnc1OCc1ccccc1. The Morgan fingerprint density at radius 3 is 2.78 bits per heavy atom. The molecule has 0 saturated carbocycles. The van der Waals surface area contributed by atoms with Crippen molar-refractivity contribution in [2.24, 2.45) is 0 Å². The molecular formula is C14H15FN2O. The first-order valence-electron chi connectivity index (χ1n) is 5.75. The lowest BCUT2D eigenvalue weighted by atomic mass is 10.2. The Bertz CT molecular complexity index is 502. The maximum atomic E-state index is 13.1. The minimum absolute atomic E-state index is 0.354. The van der Waals surface area contributed by atoms with E-state index in [1.165, 1.54) is 12.3 Å². The number of ether oxygens (including phenoxy) is 1. The summed E-state index contributed by atoms with van der Waals surface area (Å²) in [6, 6.07) is 11.2. The third kappa shape index (κ3) is 3.28. The van der Waals surface area contributed by atoms with Crippen molar-refractivity contribution in [2.75, 3.05) is 7.05 Å². The Hall–Kier alpha value is -1.94. The Balaban J connectivity index is 2.09. The molecule has 0 radical (unpaired) electrons. The fourth-order valence-electron chi connectivity index (χ4n) is 1.64. The van der Waals surface area contributed by atoms with Crippen LogP contribution in [0.4, 0.5) is 4.39 Å². The molecule has 0 aliphatic rings. The molecule has 0 saturated heterocycles. The van der Waals surface area contributed by atoms with Crippen LogP contribution in [0.3, 0.4) is 0 Å². The van der Waals surface area contributed by atoms with Crippen LogP contribution in [0.15, 0.2) is 42.6 Å². The first-order valence-corrected chi connectivity index (χ1v) is 5.75. The predicted molar refractivity (Wildman–Crippen MR) is 67.7 cm³/mol. The van der Waals surface area contributed by atoms with Gasteiger partial charge in [0.15, 0.2) is 0 Å². The van der Waals surface area contributed by atoms with Crippen LogP contribution in [0.5, 0.6) is 5.88 Å². The van der Waals surface area contributed by atoms with Gasteiger partial charge in [-0.25, -0.2) is 9.37 Å². The van der Waals surface area contributed by atoms with Crippen LogP contribution in [0, 0.1) is 5.82 Å². The van der Waals surface area contributed by atoms with E-state index in [-0.39, 0.29) is 5.82 Å². The molecule has 1 N–H and O–H groups in total. The topological polar surface area (TPSA) is 34.2 Å². The third-order valence-electron chi connectivity index (χ3n) is 2.48. The van der Waals surface area contributed by atoms with E-state index >= 15 is 0 Å². The lowest BCUT2D eigenvalue weighted by molar-refractivity contribution is 0.289. The van der Waals surface area contributed by atoms with E-state index in [0.29, 0.717) is 24.6 Å². The second-order valence-corrected chi connectivity index (χ2v) is 3.92. The number of aromatic nitrogens is 1. The lowest BCUT2D eigenvalue weighted by Crippen LogP contribution is -2.09. The molecule has 1 aromatic carbocycles. The number of pyridine rings is 1. The molecule has 0 atom stereocenters. The molecule has 1 aromatic heterocycles. The molecule has 0 spiro atoms. The van der Waals surface area contributed by atoms with Crippen molar-refractivity contribution in [3.63, 3.8) is 0 Å². The smallest absolute Gasteiger partial charge is 0.218 e. The average Bonchev–Trinajstić information content (AvgIpc) is 2.39. The zero-order valence-electron chi connectivity index (χ0n) is 10.2. The maximum Gasteiger partial charge on any atom is 0.218 e. The molecule has 2 aromatic rings. The molecule has 0 aliphatic carbocycles. The number of rotatable bonds is 5. The molecule has 0 unspecified atom stereocenters. The van der Waals surface area contributed by atoms with E-state index in [1.54, 1.807) is 7.05 Å². The Morgan fingerprint density at radius 2 is 2.06 bits per heavy atom. The first kappa shape index (κ1) is 12.5. The van der Waals surface area contributed by atoms with Crippen molar-refractivity contribution in [1.82, 2.24) is 10.3 Å². The third-order valence-corrected chi connectivity index (χ3v) is 2.48. The van der Waals surface area contributed by atoms with Gasteiger partial charge in [-0.1, -0.05) is 30.3 Å². The molecule has 1 heterocycles. The number of benzene rings is 1. The molecule has 2 rings (SSSR count). The average molecular weight is 246 g/mol. The summed E-state index contributed by atoms with van der Waals surface area (Å²) in [6.45, 7) is 0.949. The van der Waals surface area contributed by atoms with E-state index in [4.69, 9.17) is 4.74 Å². The van der Waals surface area contributed by atoms with Crippen molar-refractivity contribution in [3.8, 4) is 5.88 Å². The van der Waals surface area contributed by atoms with Crippen molar-refractivity contribution in [2.45, 2.75) is 13.2 Å². The van der Waals surface area contributed by atoms with E-state index < -0.39 is 0 Å². The quantitative estimate of drug-likeness (QED) is 0.880. The molecule has 0 fully saturated rings. The van der Waals surface area contributed by atoms with Gasteiger partial charge in [-0.05, 0) is 18.7 Å². The van der Waals surface area contributed by atoms with Crippen LogP contribution in [-0.2, 0) is 13.2 Å². The summed E-state index contributed by atoms with van der Waals surface area (Å²) >= 11 is 0. The summed E-state index contributed by atoms with van der Waals surface area (Å²) in [5, 5.41) is 2.96. The van der Waals surface area contributed by atoms with Gasteiger partial charge in [0.1, 0.15) is 12.4 Å². The van der Waals surface area contributed by atoms with E-state index in [1.807, 2.05) is 30.3 Å². The fraction of sp³-hybridized carbons (Fsp3) is 0.214. The van der Waals surface area contributed by atoms with E-state index in [2.05, 4.69) is 10.3 Å². The van der Waals surface area contributed by atoms with Crippen molar-refractivity contribution >= 4 is 0 Å². The standard InChI is InChI=1S/C14H15FN2O/c1-16-8-12-7-13(15)9-17-14(12)18-10-11-5-3-2-4-6-11/h2-7,9,16H,8,10H2,1H3. The second-order valence-electron chi connectivity index (χ2n) is 3.92. The minimum atomic E-state index is -0.354. The van der Waals surface area contributed by atoms with Crippen molar-refractivity contribution in [1.29, 1.82) is 0 Å². The number of hydrogen-bond acceptors (Lipinski definition) is 3. The number of halogens is 1. The van der Waals surface area contributed by atoms with Crippen LogP contribution in [-0.4, -0.2) is 12.0 Å². The molecular weight excluding hydrogens is 231 g/mol. The van der Waals surface area contributed by atoms with Gasteiger partial charge >= 0.3 is 0 Å². The van der Waals surface area contributed by atoms with Gasteiger partial charge < -0.3 is 10.1 Å². The minimum Gasteiger partial charge on any atom is -0.473 e. The molecule has 94 valence electrons. The van der Waals surface area contributed by atoms with Crippen molar-refractivity contribution in [3.05, 3.63) is 59.5 Å². The fourth-order valence-corrected chi connectivity index (χ4v) is 1.64. The summed E-state index contributed by atoms with van der Waals surface area (Å²) in [6.07, 6.45) is 1.17. The van der Waals surface area contributed by atoms with Gasteiger partial charge in [-0.15, -0.1) is 0 Å². The Morgan fingerprint density at radius 1 is 1.28 bits per heavy atom. The monoisotopic (exact) mass is 246 g/mol. The number of nitrogens with zero attached hydrogens (tertiary/aromatic N) is 1. The molecule has 0 bridgehead atoms. The maximum absolute atomic E-state index is 13.1. The Kier molecular flexibility index (Phi) is 4.25. The van der Waals surface area contributed by atoms with Crippen LogP contribution in [0.25, 0.3) is 0 Å². The van der Waals surface area contributed by atoms with Gasteiger partial charge in [0.2, 0.25) is 5.88 Å². The molecule has 0 amide bonds. The highest BCUT2D eigenvalue weighted by molar-refractivity contribution is 5.26. The number of hydrogen-bond donors (Lipinski definition) is 1. The predicted octanol–water partition coefficient (Wildman–Crippen LogP) is 2.52. The summed E-state index contributed by atoms with van der Waals surface area (Å²) < 4.78 is 18.7. The normalized spacial score (nSPS) is 10.3. The van der Waals surface area contributed by atoms with Gasteiger partial charge in [0, 0.05) is 12.1 Å².